The van der Waals surface area contributed by atoms with Gasteiger partial charge >= 0.3 is 0 Å². The van der Waals surface area contributed by atoms with Crippen molar-refractivity contribution in [3.8, 4) is 0 Å². The summed E-state index contributed by atoms with van der Waals surface area (Å²) < 4.78 is 6.75. The molecule has 1 unspecified atom stereocenters. The van der Waals surface area contributed by atoms with Crippen molar-refractivity contribution in [2.45, 2.75) is 19.4 Å². The molecule has 1 atom stereocenters. The summed E-state index contributed by atoms with van der Waals surface area (Å²) in [7, 11) is 0. The number of aryl methyl sites for hydroxylation is 1. The number of oxazole rings is 1. The van der Waals surface area contributed by atoms with E-state index in [4.69, 9.17) is 10.2 Å². The summed E-state index contributed by atoms with van der Waals surface area (Å²) in [5.41, 5.74) is 10.2. The Morgan fingerprint density at radius 1 is 1.25 bits per heavy atom. The normalized spacial score (nSPS) is 12.8. The van der Waals surface area contributed by atoms with E-state index in [0.717, 1.165) is 21.1 Å². The van der Waals surface area contributed by atoms with Crippen LogP contribution in [0.4, 0.5) is 0 Å². The Kier molecular flexibility index (Phi) is 3.59. The first-order chi connectivity index (χ1) is 9.63. The number of benzene rings is 2. The van der Waals surface area contributed by atoms with Crippen molar-refractivity contribution in [3.05, 3.63) is 64.0 Å². The molecule has 1 heterocycles. The van der Waals surface area contributed by atoms with E-state index < -0.39 is 0 Å². The largest absolute Gasteiger partial charge is 0.441 e. The summed E-state index contributed by atoms with van der Waals surface area (Å²) in [6.07, 6.45) is 0.580. The number of rotatable bonds is 3. The standard InChI is InChI=1S/C16H15BrN2O/c1-10-6-7-11(12(17)8-10)13(18)9-16-19-14-4-2-3-5-15(14)20-16/h2-8,13H,9,18H2,1H3. The van der Waals surface area contributed by atoms with Crippen LogP contribution in [0.2, 0.25) is 0 Å². The smallest absolute Gasteiger partial charge is 0.197 e. The molecule has 0 amide bonds. The molecule has 0 aliphatic carbocycles. The summed E-state index contributed by atoms with van der Waals surface area (Å²) in [5.74, 6) is 0.672. The van der Waals surface area contributed by atoms with Crippen molar-refractivity contribution >= 4 is 27.0 Å². The second kappa shape index (κ2) is 5.38. The first-order valence-electron chi connectivity index (χ1n) is 6.49. The van der Waals surface area contributed by atoms with Gasteiger partial charge in [0.05, 0.1) is 0 Å². The predicted octanol–water partition coefficient (Wildman–Crippen LogP) is 4.14. The van der Waals surface area contributed by atoms with Gasteiger partial charge in [0.2, 0.25) is 0 Å². The third-order valence-electron chi connectivity index (χ3n) is 3.29. The summed E-state index contributed by atoms with van der Waals surface area (Å²) in [6, 6.07) is 13.8. The van der Waals surface area contributed by atoms with Crippen LogP contribution < -0.4 is 5.73 Å². The van der Waals surface area contributed by atoms with E-state index in [2.05, 4.69) is 40.0 Å². The highest BCUT2D eigenvalue weighted by Crippen LogP contribution is 2.26. The molecule has 4 heteroatoms. The van der Waals surface area contributed by atoms with Gasteiger partial charge in [0.1, 0.15) is 5.52 Å². The molecule has 0 fully saturated rings. The van der Waals surface area contributed by atoms with Crippen molar-refractivity contribution in [2.24, 2.45) is 5.73 Å². The molecule has 0 spiro atoms. The molecule has 3 nitrogen and oxygen atoms in total. The van der Waals surface area contributed by atoms with E-state index in [9.17, 15) is 0 Å². The van der Waals surface area contributed by atoms with Gasteiger partial charge in [-0.25, -0.2) is 4.98 Å². The molecule has 0 aliphatic rings. The second-order valence-electron chi connectivity index (χ2n) is 4.91. The minimum absolute atomic E-state index is 0.141. The molecule has 1 aromatic heterocycles. The van der Waals surface area contributed by atoms with Gasteiger partial charge in [0, 0.05) is 16.9 Å². The lowest BCUT2D eigenvalue weighted by atomic mass is 10.0. The van der Waals surface area contributed by atoms with E-state index in [1.54, 1.807) is 0 Å². The minimum atomic E-state index is -0.141. The second-order valence-corrected chi connectivity index (χ2v) is 5.77. The average Bonchev–Trinajstić information content (AvgIpc) is 2.80. The number of nitrogens with two attached hydrogens (primary N) is 1. The van der Waals surface area contributed by atoms with Gasteiger partial charge in [0.25, 0.3) is 0 Å². The minimum Gasteiger partial charge on any atom is -0.441 e. The van der Waals surface area contributed by atoms with E-state index in [0.29, 0.717) is 12.3 Å². The molecule has 2 N–H and O–H groups in total. The van der Waals surface area contributed by atoms with Crippen LogP contribution in [-0.4, -0.2) is 4.98 Å². The topological polar surface area (TPSA) is 52.0 Å². The lowest BCUT2D eigenvalue weighted by Gasteiger charge is -2.12. The lowest BCUT2D eigenvalue weighted by Crippen LogP contribution is -2.14. The average molecular weight is 331 g/mol. The molecular formula is C16H15BrN2O. The van der Waals surface area contributed by atoms with Crippen molar-refractivity contribution in [2.75, 3.05) is 0 Å². The number of hydrogen-bond donors (Lipinski definition) is 1. The molecule has 2 aromatic carbocycles. The number of fused-ring (bicyclic) bond motifs is 1. The van der Waals surface area contributed by atoms with Gasteiger partial charge in [0.15, 0.2) is 11.5 Å². The quantitative estimate of drug-likeness (QED) is 0.785. The van der Waals surface area contributed by atoms with E-state index in [1.807, 2.05) is 30.3 Å². The maximum atomic E-state index is 6.27. The predicted molar refractivity (Wildman–Crippen MR) is 83.5 cm³/mol. The van der Waals surface area contributed by atoms with Crippen LogP contribution in [0.1, 0.15) is 23.1 Å². The Hall–Kier alpha value is -1.65. The van der Waals surface area contributed by atoms with E-state index in [1.165, 1.54) is 5.56 Å². The van der Waals surface area contributed by atoms with Gasteiger partial charge in [-0.1, -0.05) is 40.2 Å². The van der Waals surface area contributed by atoms with Crippen LogP contribution in [0.5, 0.6) is 0 Å². The number of hydrogen-bond acceptors (Lipinski definition) is 3. The molecule has 3 rings (SSSR count). The molecule has 0 bridgehead atoms. The van der Waals surface area contributed by atoms with Crippen LogP contribution in [-0.2, 0) is 6.42 Å². The highest BCUT2D eigenvalue weighted by atomic mass is 79.9. The van der Waals surface area contributed by atoms with Crippen LogP contribution in [0, 0.1) is 6.92 Å². The van der Waals surface area contributed by atoms with Crippen LogP contribution in [0.15, 0.2) is 51.4 Å². The fraction of sp³-hybridized carbons (Fsp3) is 0.188. The fourth-order valence-corrected chi connectivity index (χ4v) is 3.03. The van der Waals surface area contributed by atoms with E-state index in [-0.39, 0.29) is 6.04 Å². The monoisotopic (exact) mass is 330 g/mol. The molecule has 0 saturated carbocycles. The van der Waals surface area contributed by atoms with Gasteiger partial charge in [-0.15, -0.1) is 0 Å². The maximum Gasteiger partial charge on any atom is 0.197 e. The van der Waals surface area contributed by atoms with Crippen LogP contribution in [0.3, 0.4) is 0 Å². The lowest BCUT2D eigenvalue weighted by molar-refractivity contribution is 0.502. The summed E-state index contributed by atoms with van der Waals surface area (Å²) in [6.45, 7) is 2.06. The molecule has 102 valence electrons. The third kappa shape index (κ3) is 2.62. The highest BCUT2D eigenvalue weighted by Gasteiger charge is 2.14. The zero-order valence-electron chi connectivity index (χ0n) is 11.1. The van der Waals surface area contributed by atoms with Crippen molar-refractivity contribution in [1.82, 2.24) is 4.98 Å². The first kappa shape index (κ1) is 13.3. The first-order valence-corrected chi connectivity index (χ1v) is 7.29. The number of aromatic nitrogens is 1. The van der Waals surface area contributed by atoms with Gasteiger partial charge in [-0.2, -0.15) is 0 Å². The van der Waals surface area contributed by atoms with E-state index >= 15 is 0 Å². The molecule has 0 saturated heterocycles. The van der Waals surface area contributed by atoms with Gasteiger partial charge < -0.3 is 10.2 Å². The number of para-hydroxylation sites is 2. The van der Waals surface area contributed by atoms with Crippen molar-refractivity contribution in [1.29, 1.82) is 0 Å². The summed E-state index contributed by atoms with van der Waals surface area (Å²) >= 11 is 3.56. The van der Waals surface area contributed by atoms with Crippen molar-refractivity contribution < 1.29 is 4.42 Å². The molecular weight excluding hydrogens is 316 g/mol. The molecule has 3 aromatic rings. The molecule has 0 aliphatic heterocycles. The Balaban J connectivity index is 1.86. The Bertz CT molecular complexity index is 718. The zero-order valence-corrected chi connectivity index (χ0v) is 12.7. The molecule has 0 radical (unpaired) electrons. The highest BCUT2D eigenvalue weighted by molar-refractivity contribution is 9.10. The number of nitrogens with zero attached hydrogens (tertiary/aromatic N) is 1. The Morgan fingerprint density at radius 2 is 2.05 bits per heavy atom. The van der Waals surface area contributed by atoms with Crippen molar-refractivity contribution in [3.63, 3.8) is 0 Å². The summed E-state index contributed by atoms with van der Waals surface area (Å²) in [4.78, 5) is 4.46. The third-order valence-corrected chi connectivity index (χ3v) is 3.97. The SMILES string of the molecule is Cc1ccc(C(N)Cc2nc3ccccc3o2)c(Br)c1. The van der Waals surface area contributed by atoms with Crippen LogP contribution in [0.25, 0.3) is 11.1 Å². The Morgan fingerprint density at radius 3 is 2.80 bits per heavy atom. The number of halogens is 1. The van der Waals surface area contributed by atoms with Gasteiger partial charge in [-0.3, -0.25) is 0 Å². The maximum absolute atomic E-state index is 6.27. The molecule has 20 heavy (non-hydrogen) atoms. The summed E-state index contributed by atoms with van der Waals surface area (Å²) in [5, 5.41) is 0. The fourth-order valence-electron chi connectivity index (χ4n) is 2.24. The Labute approximate surface area is 125 Å². The van der Waals surface area contributed by atoms with Crippen LogP contribution >= 0.6 is 15.9 Å². The zero-order chi connectivity index (χ0) is 14.1. The van der Waals surface area contributed by atoms with Gasteiger partial charge in [-0.05, 0) is 36.2 Å².